The van der Waals surface area contributed by atoms with Gasteiger partial charge in [0.15, 0.2) is 0 Å². The Labute approximate surface area is 413 Å². The molecule has 2 heterocycles. The van der Waals surface area contributed by atoms with Crippen LogP contribution < -0.4 is 14.7 Å². The molecule has 0 aliphatic carbocycles. The summed E-state index contributed by atoms with van der Waals surface area (Å²) in [6, 6.07) is 102. The number of anilines is 9. The van der Waals surface area contributed by atoms with Gasteiger partial charge in [-0.05, 0) is 158 Å². The Kier molecular flexibility index (Phi) is 10.4. The molecule has 13 rings (SSSR count). The Morgan fingerprint density at radius 1 is 0.183 bits per heavy atom. The standard InChI is InChI=1S/C66H47N5/c1-6-20-48(21-7-1)67(49-22-8-2-9-23-49)53-34-38-55(39-35-53)70-63-32-18-16-30-59(63)61-46-57(42-44-65(61)70)69(52-28-14-5-15-29-52)58-43-45-66-62(47-58)60-31-17-19-33-64(60)71(66)56-40-36-54(37-41-56)68(50-24-10-3-11-25-50)51-26-12-4-13-27-51/h1-47H. The quantitative estimate of drug-likeness (QED) is 0.129. The van der Waals surface area contributed by atoms with Crippen LogP contribution in [0.3, 0.4) is 0 Å². The minimum atomic E-state index is 1.09. The maximum Gasteiger partial charge on any atom is 0.0542 e. The van der Waals surface area contributed by atoms with Crippen LogP contribution in [0.4, 0.5) is 51.2 Å². The first kappa shape index (κ1) is 41.6. The molecule has 0 aliphatic heterocycles. The summed E-state index contributed by atoms with van der Waals surface area (Å²) in [6.45, 7) is 0. The molecule has 0 fully saturated rings. The maximum absolute atomic E-state index is 2.40. The van der Waals surface area contributed by atoms with Crippen molar-refractivity contribution in [1.29, 1.82) is 0 Å². The molecule has 13 aromatic rings. The van der Waals surface area contributed by atoms with Crippen molar-refractivity contribution < 1.29 is 0 Å². The molecule has 336 valence electrons. The van der Waals surface area contributed by atoms with E-state index >= 15 is 0 Å². The normalized spacial score (nSPS) is 11.4. The lowest BCUT2D eigenvalue weighted by Gasteiger charge is -2.26. The highest BCUT2D eigenvalue weighted by Gasteiger charge is 2.21. The van der Waals surface area contributed by atoms with Crippen molar-refractivity contribution >= 4 is 94.8 Å². The van der Waals surface area contributed by atoms with Gasteiger partial charge in [0.25, 0.3) is 0 Å². The molecule has 5 heteroatoms. The molecular formula is C66H47N5. The van der Waals surface area contributed by atoms with E-state index in [1.807, 2.05) is 0 Å². The van der Waals surface area contributed by atoms with Gasteiger partial charge >= 0.3 is 0 Å². The van der Waals surface area contributed by atoms with Crippen LogP contribution in [-0.2, 0) is 0 Å². The van der Waals surface area contributed by atoms with Crippen molar-refractivity contribution in [3.05, 3.63) is 285 Å². The fraction of sp³-hybridized carbons (Fsp3) is 0. The topological polar surface area (TPSA) is 19.6 Å². The van der Waals surface area contributed by atoms with Gasteiger partial charge in [-0.2, -0.15) is 0 Å². The maximum atomic E-state index is 2.40. The number of hydrogen-bond acceptors (Lipinski definition) is 3. The smallest absolute Gasteiger partial charge is 0.0542 e. The van der Waals surface area contributed by atoms with E-state index in [4.69, 9.17) is 0 Å². The van der Waals surface area contributed by atoms with Crippen LogP contribution in [0.2, 0.25) is 0 Å². The summed E-state index contributed by atoms with van der Waals surface area (Å²) >= 11 is 0. The van der Waals surface area contributed by atoms with Crippen LogP contribution in [0.5, 0.6) is 0 Å². The van der Waals surface area contributed by atoms with E-state index in [0.717, 1.165) is 84.6 Å². The molecule has 0 radical (unpaired) electrons. The molecule has 11 aromatic carbocycles. The second-order valence-electron chi connectivity index (χ2n) is 17.8. The number of hydrogen-bond donors (Lipinski definition) is 0. The first-order chi connectivity index (χ1) is 35.2. The molecule has 71 heavy (non-hydrogen) atoms. The highest BCUT2D eigenvalue weighted by Crippen LogP contribution is 2.44. The van der Waals surface area contributed by atoms with Crippen molar-refractivity contribution in [1.82, 2.24) is 9.13 Å². The van der Waals surface area contributed by atoms with Gasteiger partial charge in [0.1, 0.15) is 0 Å². The van der Waals surface area contributed by atoms with Crippen LogP contribution in [0.15, 0.2) is 285 Å². The Morgan fingerprint density at radius 3 is 0.746 bits per heavy atom. The molecule has 0 bridgehead atoms. The van der Waals surface area contributed by atoms with E-state index in [1.165, 1.54) is 21.5 Å². The van der Waals surface area contributed by atoms with E-state index < -0.39 is 0 Å². The average molecular weight is 910 g/mol. The van der Waals surface area contributed by atoms with Crippen molar-refractivity contribution in [3.8, 4) is 11.4 Å². The molecular weight excluding hydrogens is 863 g/mol. The first-order valence-corrected chi connectivity index (χ1v) is 24.2. The number of benzene rings is 11. The lowest BCUT2D eigenvalue weighted by Crippen LogP contribution is -2.10. The third kappa shape index (κ3) is 7.45. The highest BCUT2D eigenvalue weighted by molar-refractivity contribution is 6.12. The van der Waals surface area contributed by atoms with Gasteiger partial charge in [0.05, 0.1) is 22.1 Å². The second-order valence-corrected chi connectivity index (χ2v) is 17.8. The first-order valence-electron chi connectivity index (χ1n) is 24.2. The molecule has 0 aliphatic rings. The van der Waals surface area contributed by atoms with Gasteiger partial charge in [-0.15, -0.1) is 0 Å². The molecule has 0 spiro atoms. The van der Waals surface area contributed by atoms with Gasteiger partial charge in [-0.25, -0.2) is 0 Å². The zero-order valence-corrected chi connectivity index (χ0v) is 38.9. The molecule has 0 N–H and O–H groups in total. The van der Waals surface area contributed by atoms with Crippen molar-refractivity contribution in [2.24, 2.45) is 0 Å². The summed E-state index contributed by atoms with van der Waals surface area (Å²) in [5, 5.41) is 4.80. The molecule has 0 saturated carbocycles. The fourth-order valence-corrected chi connectivity index (χ4v) is 10.5. The zero-order valence-electron chi connectivity index (χ0n) is 38.9. The zero-order chi connectivity index (χ0) is 47.1. The Balaban J connectivity index is 0.903. The molecule has 0 saturated heterocycles. The minimum Gasteiger partial charge on any atom is -0.311 e. The summed E-state index contributed by atoms with van der Waals surface area (Å²) in [7, 11) is 0. The summed E-state index contributed by atoms with van der Waals surface area (Å²) in [5.41, 5.74) is 16.8. The summed E-state index contributed by atoms with van der Waals surface area (Å²) in [4.78, 5) is 7.00. The van der Waals surface area contributed by atoms with Crippen LogP contribution in [0, 0.1) is 0 Å². The van der Waals surface area contributed by atoms with Crippen molar-refractivity contribution in [3.63, 3.8) is 0 Å². The number of fused-ring (bicyclic) bond motifs is 6. The van der Waals surface area contributed by atoms with Gasteiger partial charge in [0.2, 0.25) is 0 Å². The minimum absolute atomic E-state index is 1.09. The van der Waals surface area contributed by atoms with Crippen LogP contribution in [0.1, 0.15) is 0 Å². The predicted molar refractivity (Wildman–Crippen MR) is 299 cm³/mol. The molecule has 0 atom stereocenters. The molecule has 0 amide bonds. The van der Waals surface area contributed by atoms with Gasteiger partial charge in [-0.1, -0.05) is 127 Å². The Bertz CT molecular complexity index is 3640. The third-order valence-electron chi connectivity index (χ3n) is 13.6. The summed E-state index contributed by atoms with van der Waals surface area (Å²) in [6.07, 6.45) is 0. The van der Waals surface area contributed by atoms with E-state index in [-0.39, 0.29) is 0 Å². The van der Waals surface area contributed by atoms with Crippen LogP contribution >= 0.6 is 0 Å². The third-order valence-corrected chi connectivity index (χ3v) is 13.6. The number of para-hydroxylation sites is 7. The highest BCUT2D eigenvalue weighted by atomic mass is 15.2. The van der Waals surface area contributed by atoms with Crippen LogP contribution in [-0.4, -0.2) is 9.13 Å². The van der Waals surface area contributed by atoms with Crippen molar-refractivity contribution in [2.45, 2.75) is 0 Å². The van der Waals surface area contributed by atoms with Gasteiger partial charge in [0, 0.05) is 84.1 Å². The van der Waals surface area contributed by atoms with Crippen LogP contribution in [0.25, 0.3) is 55.0 Å². The Morgan fingerprint density at radius 2 is 0.423 bits per heavy atom. The number of aromatic nitrogens is 2. The van der Waals surface area contributed by atoms with Crippen molar-refractivity contribution in [2.75, 3.05) is 14.7 Å². The largest absolute Gasteiger partial charge is 0.311 e. The van der Waals surface area contributed by atoms with Gasteiger partial charge in [-0.3, -0.25) is 0 Å². The Hall–Kier alpha value is -9.58. The lowest BCUT2D eigenvalue weighted by molar-refractivity contribution is 1.17. The molecule has 5 nitrogen and oxygen atoms in total. The van der Waals surface area contributed by atoms with E-state index in [9.17, 15) is 0 Å². The number of rotatable bonds is 11. The predicted octanol–water partition coefficient (Wildman–Crippen LogP) is 18.3. The van der Waals surface area contributed by atoms with E-state index in [0.29, 0.717) is 0 Å². The average Bonchev–Trinajstić information content (AvgIpc) is 3.95. The monoisotopic (exact) mass is 909 g/mol. The summed E-state index contributed by atoms with van der Waals surface area (Å²) < 4.78 is 4.80. The second kappa shape index (κ2) is 17.8. The van der Waals surface area contributed by atoms with Gasteiger partial charge < -0.3 is 23.8 Å². The number of nitrogens with zero attached hydrogens (tertiary/aromatic N) is 5. The summed E-state index contributed by atoms with van der Waals surface area (Å²) in [5.74, 6) is 0. The van der Waals surface area contributed by atoms with E-state index in [1.54, 1.807) is 0 Å². The lowest BCUT2D eigenvalue weighted by atomic mass is 10.1. The van der Waals surface area contributed by atoms with E-state index in [2.05, 4.69) is 309 Å². The fourth-order valence-electron chi connectivity index (χ4n) is 10.5. The molecule has 0 unspecified atom stereocenters. The SMILES string of the molecule is c1ccc(N(c2ccccc2)c2ccc(-n3c4ccccc4c4cc(N(c5ccccc5)c5ccc6c(c5)c5ccccc5n6-c5ccc(N(c6ccccc6)c6ccccc6)cc5)ccc43)cc2)cc1. The molecule has 2 aromatic heterocycles.